The van der Waals surface area contributed by atoms with Crippen LogP contribution >= 0.6 is 11.8 Å². The van der Waals surface area contributed by atoms with Crippen LogP contribution in [0.25, 0.3) is 0 Å². The minimum absolute atomic E-state index is 0.166. The number of carbonyl (C=O) groups is 2. The highest BCUT2D eigenvalue weighted by molar-refractivity contribution is 7.99. The topological polar surface area (TPSA) is 40.6 Å². The maximum Gasteiger partial charge on any atom is 0.246 e. The maximum atomic E-state index is 12.9. The Labute approximate surface area is 131 Å². The Balaban J connectivity index is 1.80. The minimum atomic E-state index is -0.241. The van der Waals surface area contributed by atoms with Crippen molar-refractivity contribution in [3.05, 3.63) is 0 Å². The van der Waals surface area contributed by atoms with Crippen molar-refractivity contribution in [3.8, 4) is 0 Å². The fraction of sp³-hybridized carbons (Fsp3) is 0.875. The molecule has 5 heteroatoms. The van der Waals surface area contributed by atoms with Crippen LogP contribution in [0.3, 0.4) is 0 Å². The van der Waals surface area contributed by atoms with Gasteiger partial charge in [-0.3, -0.25) is 9.59 Å². The van der Waals surface area contributed by atoms with E-state index in [-0.39, 0.29) is 29.8 Å². The molecule has 0 aliphatic carbocycles. The molecular formula is C16H26N2O2S. The zero-order chi connectivity index (χ0) is 15.0. The van der Waals surface area contributed by atoms with E-state index >= 15 is 0 Å². The number of amides is 2. The van der Waals surface area contributed by atoms with Gasteiger partial charge in [0.05, 0.1) is 0 Å². The summed E-state index contributed by atoms with van der Waals surface area (Å²) in [6.45, 7) is 5.66. The Morgan fingerprint density at radius 1 is 1.14 bits per heavy atom. The van der Waals surface area contributed by atoms with Gasteiger partial charge in [0.2, 0.25) is 11.8 Å². The fourth-order valence-corrected chi connectivity index (χ4v) is 5.24. The van der Waals surface area contributed by atoms with E-state index in [9.17, 15) is 9.59 Å². The van der Waals surface area contributed by atoms with Crippen molar-refractivity contribution in [2.45, 2.75) is 63.3 Å². The van der Waals surface area contributed by atoms with E-state index in [1.54, 1.807) is 0 Å². The third-order valence-electron chi connectivity index (χ3n) is 5.00. The smallest absolute Gasteiger partial charge is 0.246 e. The molecule has 3 aliphatic heterocycles. The molecule has 0 saturated carbocycles. The van der Waals surface area contributed by atoms with Crippen molar-refractivity contribution in [3.63, 3.8) is 0 Å². The molecule has 118 valence electrons. The summed E-state index contributed by atoms with van der Waals surface area (Å²) in [5.41, 5.74) is 0. The van der Waals surface area contributed by atoms with Gasteiger partial charge in [0.25, 0.3) is 0 Å². The highest BCUT2D eigenvalue weighted by Gasteiger charge is 2.48. The van der Waals surface area contributed by atoms with Crippen LogP contribution in [0, 0.1) is 5.92 Å². The van der Waals surface area contributed by atoms with Crippen LogP contribution in [0.5, 0.6) is 0 Å². The van der Waals surface area contributed by atoms with Crippen molar-refractivity contribution in [2.75, 3.05) is 18.8 Å². The van der Waals surface area contributed by atoms with Crippen LogP contribution in [0.1, 0.15) is 46.0 Å². The lowest BCUT2D eigenvalue weighted by molar-refractivity contribution is -0.161. The predicted octanol–water partition coefficient (Wildman–Crippen LogP) is 2.13. The normalized spacial score (nSPS) is 33.8. The molecule has 3 atom stereocenters. The standard InChI is InChI=1S/C16H26N2O2S/c1-11(2)14-16(20)17-8-5-7-13(17)15(19)18(14)10-12-6-3-4-9-21-12/h11-14H,3-10H2,1-2H3. The van der Waals surface area contributed by atoms with E-state index in [1.165, 1.54) is 25.0 Å². The molecule has 21 heavy (non-hydrogen) atoms. The number of nitrogens with zero attached hydrogens (tertiary/aromatic N) is 2. The Hall–Kier alpha value is -0.710. The lowest BCUT2D eigenvalue weighted by atomic mass is 9.95. The lowest BCUT2D eigenvalue weighted by Gasteiger charge is -2.45. The molecule has 0 spiro atoms. The highest BCUT2D eigenvalue weighted by Crippen LogP contribution is 2.33. The SMILES string of the molecule is CC(C)C1C(=O)N2CCCC2C(=O)N1CC1CCCCS1. The number of thioether (sulfide) groups is 1. The molecule has 3 aliphatic rings. The molecule has 0 aromatic rings. The number of hydrogen-bond acceptors (Lipinski definition) is 3. The van der Waals surface area contributed by atoms with Gasteiger partial charge in [-0.2, -0.15) is 11.8 Å². The molecule has 0 radical (unpaired) electrons. The van der Waals surface area contributed by atoms with Crippen molar-refractivity contribution in [1.29, 1.82) is 0 Å². The van der Waals surface area contributed by atoms with Crippen LogP contribution in [0.4, 0.5) is 0 Å². The third-order valence-corrected chi connectivity index (χ3v) is 6.38. The zero-order valence-electron chi connectivity index (χ0n) is 13.1. The number of hydrogen-bond donors (Lipinski definition) is 0. The van der Waals surface area contributed by atoms with E-state index in [0.717, 1.165) is 25.9 Å². The van der Waals surface area contributed by atoms with E-state index in [0.29, 0.717) is 5.25 Å². The van der Waals surface area contributed by atoms with E-state index in [2.05, 4.69) is 13.8 Å². The summed E-state index contributed by atoms with van der Waals surface area (Å²) in [6.07, 6.45) is 5.55. The van der Waals surface area contributed by atoms with Gasteiger partial charge in [-0.25, -0.2) is 0 Å². The first-order valence-electron chi connectivity index (χ1n) is 8.32. The zero-order valence-corrected chi connectivity index (χ0v) is 13.9. The van der Waals surface area contributed by atoms with E-state index in [4.69, 9.17) is 0 Å². The first-order chi connectivity index (χ1) is 10.1. The monoisotopic (exact) mass is 310 g/mol. The number of fused-ring (bicyclic) bond motifs is 1. The fourth-order valence-electron chi connectivity index (χ4n) is 3.94. The molecule has 2 amide bonds. The average molecular weight is 310 g/mol. The second kappa shape index (κ2) is 6.19. The Bertz CT molecular complexity index is 421. The Kier molecular flexibility index (Phi) is 4.48. The first-order valence-corrected chi connectivity index (χ1v) is 9.37. The molecule has 3 rings (SSSR count). The molecule has 0 N–H and O–H groups in total. The third kappa shape index (κ3) is 2.81. The van der Waals surface area contributed by atoms with E-state index < -0.39 is 0 Å². The molecule has 0 aromatic heterocycles. The molecule has 3 heterocycles. The van der Waals surface area contributed by atoms with E-state index in [1.807, 2.05) is 21.6 Å². The van der Waals surface area contributed by atoms with Gasteiger partial charge in [0.1, 0.15) is 12.1 Å². The number of piperazine rings is 1. The van der Waals surface area contributed by atoms with Crippen LogP contribution in [-0.4, -0.2) is 57.8 Å². The van der Waals surface area contributed by atoms with Gasteiger partial charge >= 0.3 is 0 Å². The lowest BCUT2D eigenvalue weighted by Crippen LogP contribution is -2.65. The molecule has 3 unspecified atom stereocenters. The Morgan fingerprint density at radius 3 is 2.62 bits per heavy atom. The Morgan fingerprint density at radius 2 is 1.95 bits per heavy atom. The van der Waals surface area contributed by atoms with Crippen LogP contribution in [0.2, 0.25) is 0 Å². The number of carbonyl (C=O) groups excluding carboxylic acids is 2. The largest absolute Gasteiger partial charge is 0.329 e. The molecule has 4 nitrogen and oxygen atoms in total. The second-order valence-electron chi connectivity index (χ2n) is 6.86. The average Bonchev–Trinajstić information content (AvgIpc) is 2.95. The summed E-state index contributed by atoms with van der Waals surface area (Å²) in [5.74, 6) is 1.78. The molecular weight excluding hydrogens is 284 g/mol. The summed E-state index contributed by atoms with van der Waals surface area (Å²) in [4.78, 5) is 29.4. The summed E-state index contributed by atoms with van der Waals surface area (Å²) in [5, 5.41) is 0.518. The maximum absolute atomic E-state index is 12.9. The summed E-state index contributed by atoms with van der Waals surface area (Å²) >= 11 is 1.98. The minimum Gasteiger partial charge on any atom is -0.329 e. The van der Waals surface area contributed by atoms with Crippen molar-refractivity contribution in [1.82, 2.24) is 9.80 Å². The molecule has 0 bridgehead atoms. The summed E-state index contributed by atoms with van der Waals surface area (Å²) in [6, 6.07) is -0.407. The first kappa shape index (κ1) is 15.2. The van der Waals surface area contributed by atoms with Gasteiger partial charge in [0, 0.05) is 18.3 Å². The quantitative estimate of drug-likeness (QED) is 0.802. The van der Waals surface area contributed by atoms with Gasteiger partial charge in [-0.05, 0) is 37.4 Å². The van der Waals surface area contributed by atoms with Crippen molar-refractivity contribution in [2.24, 2.45) is 5.92 Å². The number of rotatable bonds is 3. The van der Waals surface area contributed by atoms with Gasteiger partial charge in [0.15, 0.2) is 0 Å². The van der Waals surface area contributed by atoms with Gasteiger partial charge in [-0.1, -0.05) is 20.3 Å². The molecule has 3 saturated heterocycles. The molecule has 0 aromatic carbocycles. The van der Waals surface area contributed by atoms with Crippen molar-refractivity contribution < 1.29 is 9.59 Å². The van der Waals surface area contributed by atoms with Crippen LogP contribution in [0.15, 0.2) is 0 Å². The van der Waals surface area contributed by atoms with Gasteiger partial charge in [-0.15, -0.1) is 0 Å². The van der Waals surface area contributed by atoms with Crippen molar-refractivity contribution >= 4 is 23.6 Å². The van der Waals surface area contributed by atoms with Gasteiger partial charge < -0.3 is 9.80 Å². The summed E-state index contributed by atoms with van der Waals surface area (Å²) < 4.78 is 0. The van der Waals surface area contributed by atoms with Crippen LogP contribution in [-0.2, 0) is 9.59 Å². The predicted molar refractivity (Wildman–Crippen MR) is 85.2 cm³/mol. The molecule has 3 fully saturated rings. The van der Waals surface area contributed by atoms with Crippen LogP contribution < -0.4 is 0 Å². The summed E-state index contributed by atoms with van der Waals surface area (Å²) in [7, 11) is 0. The highest BCUT2D eigenvalue weighted by atomic mass is 32.2. The second-order valence-corrected chi connectivity index (χ2v) is 8.27.